The molecule has 2 aromatic rings. The smallest absolute Gasteiger partial charge is 0.255 e. The Hall–Kier alpha value is -2.47. The Kier molecular flexibility index (Phi) is 5.78. The molecule has 168 valence electrons. The first-order valence-corrected chi connectivity index (χ1v) is 12.2. The van der Waals surface area contributed by atoms with Gasteiger partial charge in [-0.15, -0.1) is 0 Å². The number of amides is 1. The largest absolute Gasteiger partial charge is 0.390 e. The van der Waals surface area contributed by atoms with E-state index in [4.69, 9.17) is 18.2 Å². The molecule has 2 N–H and O–H groups in total. The average Bonchev–Trinajstić information content (AvgIpc) is 2.91. The van der Waals surface area contributed by atoms with Crippen LogP contribution in [-0.4, -0.2) is 30.3 Å². The third kappa shape index (κ3) is 3.90. The van der Waals surface area contributed by atoms with Crippen LogP contribution in [0.1, 0.15) is 43.0 Å². The van der Waals surface area contributed by atoms with Gasteiger partial charge in [0, 0.05) is 11.3 Å². The number of rotatable bonds is 4. The van der Waals surface area contributed by atoms with Crippen LogP contribution in [0.5, 0.6) is 0 Å². The van der Waals surface area contributed by atoms with E-state index in [9.17, 15) is 22.7 Å². The molecule has 32 heavy (non-hydrogen) atoms. The number of halogens is 2. The molecular formula is C23H22ClFN2O4S. The fourth-order valence-corrected chi connectivity index (χ4v) is 7.34. The van der Waals surface area contributed by atoms with E-state index >= 15 is 0 Å². The second-order valence-corrected chi connectivity index (χ2v) is 11.3. The summed E-state index contributed by atoms with van der Waals surface area (Å²) in [5, 5.41) is 12.5. The van der Waals surface area contributed by atoms with Crippen molar-refractivity contribution in [2.24, 2.45) is 11.8 Å². The van der Waals surface area contributed by atoms with Crippen molar-refractivity contribution in [1.29, 1.82) is 0 Å². The Balaban J connectivity index is 1.59. The van der Waals surface area contributed by atoms with E-state index in [0.29, 0.717) is 12.8 Å². The van der Waals surface area contributed by atoms with Crippen molar-refractivity contribution in [3.63, 3.8) is 0 Å². The van der Waals surface area contributed by atoms with Gasteiger partial charge in [0.2, 0.25) is 5.69 Å². The number of anilines is 1. The van der Waals surface area contributed by atoms with Gasteiger partial charge in [-0.1, -0.05) is 17.7 Å². The van der Waals surface area contributed by atoms with E-state index in [0.717, 1.165) is 18.9 Å². The van der Waals surface area contributed by atoms with E-state index in [1.807, 2.05) is 0 Å². The molecule has 0 spiro atoms. The van der Waals surface area contributed by atoms with E-state index in [2.05, 4.69) is 10.2 Å². The summed E-state index contributed by atoms with van der Waals surface area (Å²) in [6, 6.07) is 7.68. The maximum atomic E-state index is 13.8. The predicted octanol–water partition coefficient (Wildman–Crippen LogP) is 5.00. The molecule has 6 nitrogen and oxygen atoms in total. The Bertz CT molecular complexity index is 1220. The predicted molar refractivity (Wildman–Crippen MR) is 119 cm³/mol. The molecule has 0 radical (unpaired) electrons. The summed E-state index contributed by atoms with van der Waals surface area (Å²) < 4.78 is 40.6. The summed E-state index contributed by atoms with van der Waals surface area (Å²) in [5.74, 6) is -1.56. The van der Waals surface area contributed by atoms with Gasteiger partial charge in [-0.25, -0.2) is 17.7 Å². The van der Waals surface area contributed by atoms with Crippen LogP contribution in [0.4, 0.5) is 15.8 Å². The van der Waals surface area contributed by atoms with E-state index < -0.39 is 32.4 Å². The summed E-state index contributed by atoms with van der Waals surface area (Å²) >= 11 is 6.23. The Morgan fingerprint density at radius 3 is 2.47 bits per heavy atom. The zero-order chi connectivity index (χ0) is 23.3. The molecule has 1 amide bonds. The minimum Gasteiger partial charge on any atom is -0.390 e. The lowest BCUT2D eigenvalue weighted by Crippen LogP contribution is -2.45. The quantitative estimate of drug-likeness (QED) is 0.608. The summed E-state index contributed by atoms with van der Waals surface area (Å²) in [4.78, 5) is 15.6. The summed E-state index contributed by atoms with van der Waals surface area (Å²) in [5.41, 5.74) is -0.808. The monoisotopic (exact) mass is 476 g/mol. The van der Waals surface area contributed by atoms with Crippen LogP contribution in [0.25, 0.3) is 4.85 Å². The summed E-state index contributed by atoms with van der Waals surface area (Å²) in [7, 11) is -3.83. The normalized spacial score (nSPS) is 27.0. The number of carbonyl (C=O) groups excluding carboxylic acids is 1. The van der Waals surface area contributed by atoms with Gasteiger partial charge >= 0.3 is 0 Å². The maximum Gasteiger partial charge on any atom is 0.255 e. The molecule has 2 aliphatic rings. The molecule has 0 aromatic heterocycles. The van der Waals surface area contributed by atoms with Gasteiger partial charge in [0.25, 0.3) is 5.91 Å². The highest BCUT2D eigenvalue weighted by atomic mass is 35.5. The first kappa shape index (κ1) is 22.7. The number of hydrogen-bond donors (Lipinski definition) is 2. The number of benzene rings is 2. The van der Waals surface area contributed by atoms with Crippen molar-refractivity contribution in [2.75, 3.05) is 5.32 Å². The highest BCUT2D eigenvalue weighted by molar-refractivity contribution is 7.92. The molecule has 0 heterocycles. The molecule has 2 saturated carbocycles. The second kappa shape index (κ2) is 8.14. The number of sulfone groups is 1. The van der Waals surface area contributed by atoms with Crippen LogP contribution in [0.3, 0.4) is 0 Å². The zero-order valence-corrected chi connectivity index (χ0v) is 18.9. The average molecular weight is 477 g/mol. The molecule has 4 rings (SSSR count). The van der Waals surface area contributed by atoms with Crippen LogP contribution >= 0.6 is 11.6 Å². The Labute approximate surface area is 191 Å². The molecule has 0 saturated heterocycles. The van der Waals surface area contributed by atoms with Crippen molar-refractivity contribution >= 4 is 38.7 Å². The molecule has 0 aliphatic heterocycles. The Morgan fingerprint density at radius 2 is 1.88 bits per heavy atom. The minimum absolute atomic E-state index is 0.0266. The highest BCUT2D eigenvalue weighted by Crippen LogP contribution is 2.51. The lowest BCUT2D eigenvalue weighted by Gasteiger charge is -2.40. The van der Waals surface area contributed by atoms with Crippen molar-refractivity contribution < 1.29 is 22.7 Å². The van der Waals surface area contributed by atoms with Crippen molar-refractivity contribution in [1.82, 2.24) is 0 Å². The number of nitrogens with one attached hydrogen (secondary N) is 1. The van der Waals surface area contributed by atoms with Crippen LogP contribution in [0, 0.1) is 24.2 Å². The molecule has 2 aromatic carbocycles. The minimum atomic E-state index is -3.83. The number of hydrogen-bond acceptors (Lipinski definition) is 4. The van der Waals surface area contributed by atoms with Gasteiger partial charge in [0.05, 0.1) is 27.3 Å². The summed E-state index contributed by atoms with van der Waals surface area (Å²) in [6.45, 7) is 8.66. The van der Waals surface area contributed by atoms with Crippen molar-refractivity contribution in [2.45, 2.75) is 48.4 Å². The number of fused-ring (bicyclic) bond motifs is 2. The van der Waals surface area contributed by atoms with Gasteiger partial charge in [-0.05, 0) is 74.8 Å². The maximum absolute atomic E-state index is 13.8. The zero-order valence-electron chi connectivity index (χ0n) is 17.3. The SMILES string of the molecule is [C-]#[N+]c1ccc(NC(=O)c2ccc(Cl)c(S(=O)(=O)C3CC4CC[C@@H](C3)C4(C)O)c2)cc1F. The molecule has 2 bridgehead atoms. The van der Waals surface area contributed by atoms with Crippen molar-refractivity contribution in [3.8, 4) is 0 Å². The first-order valence-electron chi connectivity index (χ1n) is 10.3. The summed E-state index contributed by atoms with van der Waals surface area (Å²) in [6.07, 6.45) is 2.29. The third-order valence-electron chi connectivity index (χ3n) is 6.88. The molecule has 3 unspecified atom stereocenters. The van der Waals surface area contributed by atoms with Gasteiger partial charge in [-0.3, -0.25) is 4.79 Å². The third-order valence-corrected chi connectivity index (χ3v) is 9.53. The van der Waals surface area contributed by atoms with Gasteiger partial charge in [-0.2, -0.15) is 0 Å². The van der Waals surface area contributed by atoms with Crippen LogP contribution in [0.2, 0.25) is 5.02 Å². The van der Waals surface area contributed by atoms with E-state index in [1.54, 1.807) is 6.92 Å². The molecule has 2 fully saturated rings. The van der Waals surface area contributed by atoms with E-state index in [-0.39, 0.29) is 38.7 Å². The first-order chi connectivity index (χ1) is 15.0. The standard InChI is InChI=1S/C23H22ClFN2O4S/c1-23(29)14-4-5-15(23)11-17(10-14)32(30,31)21-9-13(3-7-18(21)24)22(28)27-16-6-8-20(26-2)19(25)12-16/h3,6-9,12,14-15,17,29H,4-5,10-11H2,1H3,(H,27,28)/t14-,15?,17?,23?/m0/s1. The number of nitrogens with zero attached hydrogens (tertiary/aromatic N) is 1. The van der Waals surface area contributed by atoms with E-state index in [1.165, 1.54) is 30.3 Å². The van der Waals surface area contributed by atoms with Crippen LogP contribution in [0.15, 0.2) is 41.3 Å². The number of carbonyl (C=O) groups is 1. The fraction of sp³-hybridized carbons (Fsp3) is 0.391. The number of aliphatic hydroxyl groups is 1. The van der Waals surface area contributed by atoms with Gasteiger partial charge in [0.15, 0.2) is 9.84 Å². The molecular weight excluding hydrogens is 455 g/mol. The molecule has 4 atom stereocenters. The van der Waals surface area contributed by atoms with Gasteiger partial charge in [0.1, 0.15) is 5.82 Å². The lowest BCUT2D eigenvalue weighted by atomic mass is 9.76. The highest BCUT2D eigenvalue weighted by Gasteiger charge is 2.53. The lowest BCUT2D eigenvalue weighted by molar-refractivity contribution is -0.0413. The second-order valence-electron chi connectivity index (χ2n) is 8.71. The van der Waals surface area contributed by atoms with Crippen LogP contribution < -0.4 is 5.32 Å². The van der Waals surface area contributed by atoms with Crippen LogP contribution in [-0.2, 0) is 9.84 Å². The molecule has 2 aliphatic carbocycles. The van der Waals surface area contributed by atoms with Crippen molar-refractivity contribution in [3.05, 3.63) is 64.2 Å². The molecule has 9 heteroatoms. The topological polar surface area (TPSA) is 87.8 Å². The fourth-order valence-electron chi connectivity index (χ4n) is 4.94. The van der Waals surface area contributed by atoms with Gasteiger partial charge < -0.3 is 10.4 Å². The Morgan fingerprint density at radius 1 is 1.22 bits per heavy atom.